The van der Waals surface area contributed by atoms with Gasteiger partial charge in [-0.15, -0.1) is 0 Å². The highest BCUT2D eigenvalue weighted by Gasteiger charge is 2.31. The molecular formula is C11H13F3N2. The number of rotatable bonds is 0. The molecule has 88 valence electrons. The normalized spacial score (nSPS) is 20.9. The van der Waals surface area contributed by atoms with Crippen molar-refractivity contribution in [3.05, 3.63) is 29.3 Å². The van der Waals surface area contributed by atoms with Crippen LogP contribution in [0.1, 0.15) is 18.1 Å². The van der Waals surface area contributed by atoms with E-state index in [2.05, 4.69) is 10.9 Å². The van der Waals surface area contributed by atoms with Crippen LogP contribution in [0.5, 0.6) is 0 Å². The Morgan fingerprint density at radius 1 is 1.31 bits per heavy atom. The third-order valence-electron chi connectivity index (χ3n) is 2.67. The molecule has 1 aliphatic rings. The highest BCUT2D eigenvalue weighted by Crippen LogP contribution is 2.32. The molecule has 0 radical (unpaired) electrons. The molecule has 1 atom stereocenters. The van der Waals surface area contributed by atoms with Gasteiger partial charge in [0.1, 0.15) is 0 Å². The van der Waals surface area contributed by atoms with Crippen molar-refractivity contribution in [2.24, 2.45) is 5.92 Å². The van der Waals surface area contributed by atoms with Crippen LogP contribution in [-0.2, 0) is 12.6 Å². The van der Waals surface area contributed by atoms with Crippen LogP contribution in [0.4, 0.5) is 18.9 Å². The number of hydrogen-bond donors (Lipinski definition) is 2. The summed E-state index contributed by atoms with van der Waals surface area (Å²) in [4.78, 5) is 0. The number of alkyl halides is 3. The molecule has 1 aromatic rings. The summed E-state index contributed by atoms with van der Waals surface area (Å²) < 4.78 is 37.6. The van der Waals surface area contributed by atoms with E-state index in [0.717, 1.165) is 18.3 Å². The van der Waals surface area contributed by atoms with Crippen LogP contribution in [-0.4, -0.2) is 6.54 Å². The molecule has 2 nitrogen and oxygen atoms in total. The Kier molecular flexibility index (Phi) is 2.80. The number of anilines is 1. The molecule has 1 aromatic carbocycles. The fourth-order valence-corrected chi connectivity index (χ4v) is 1.83. The molecule has 16 heavy (non-hydrogen) atoms. The zero-order valence-electron chi connectivity index (χ0n) is 8.86. The van der Waals surface area contributed by atoms with Crippen LogP contribution in [0.15, 0.2) is 18.2 Å². The van der Waals surface area contributed by atoms with E-state index < -0.39 is 11.7 Å². The van der Waals surface area contributed by atoms with Crippen LogP contribution in [0.3, 0.4) is 0 Å². The predicted molar refractivity (Wildman–Crippen MR) is 55.9 cm³/mol. The van der Waals surface area contributed by atoms with Gasteiger partial charge in [-0.2, -0.15) is 13.2 Å². The Morgan fingerprint density at radius 2 is 2.06 bits per heavy atom. The molecule has 1 heterocycles. The largest absolute Gasteiger partial charge is 0.416 e. The number of fused-ring (bicyclic) bond motifs is 1. The number of halogens is 3. The monoisotopic (exact) mass is 230 g/mol. The van der Waals surface area contributed by atoms with Gasteiger partial charge in [-0.3, -0.25) is 0 Å². The van der Waals surface area contributed by atoms with Gasteiger partial charge in [-0.05, 0) is 36.1 Å². The molecule has 2 N–H and O–H groups in total. The Hall–Kier alpha value is -1.23. The molecule has 0 aliphatic carbocycles. The summed E-state index contributed by atoms with van der Waals surface area (Å²) in [5.74, 6) is 0.317. The first kappa shape index (κ1) is 11.3. The summed E-state index contributed by atoms with van der Waals surface area (Å²) in [6.07, 6.45) is -3.61. The molecule has 0 bridgehead atoms. The summed E-state index contributed by atoms with van der Waals surface area (Å²) in [6.45, 7) is 2.75. The zero-order chi connectivity index (χ0) is 11.8. The second-order valence-corrected chi connectivity index (χ2v) is 4.18. The first-order chi connectivity index (χ1) is 7.47. The lowest BCUT2D eigenvalue weighted by atomic mass is 9.98. The van der Waals surface area contributed by atoms with Gasteiger partial charge in [0, 0.05) is 6.54 Å². The summed E-state index contributed by atoms with van der Waals surface area (Å²) in [6, 6.07) is 3.80. The first-order valence-electron chi connectivity index (χ1n) is 5.16. The van der Waals surface area contributed by atoms with Crippen molar-refractivity contribution < 1.29 is 13.2 Å². The Morgan fingerprint density at radius 3 is 2.75 bits per heavy atom. The van der Waals surface area contributed by atoms with Crippen molar-refractivity contribution in [2.45, 2.75) is 19.5 Å². The minimum atomic E-state index is -4.27. The minimum Gasteiger partial charge on any atom is -0.321 e. The average Bonchev–Trinajstić information content (AvgIpc) is 2.35. The molecule has 1 unspecified atom stereocenters. The third-order valence-corrected chi connectivity index (χ3v) is 2.67. The van der Waals surface area contributed by atoms with E-state index in [1.54, 1.807) is 0 Å². The minimum absolute atomic E-state index is 0.317. The second-order valence-electron chi connectivity index (χ2n) is 4.18. The summed E-state index contributed by atoms with van der Waals surface area (Å²) in [7, 11) is 0. The van der Waals surface area contributed by atoms with Crippen molar-refractivity contribution in [1.29, 1.82) is 0 Å². The van der Waals surface area contributed by atoms with Crippen LogP contribution < -0.4 is 10.9 Å². The van der Waals surface area contributed by atoms with Crippen molar-refractivity contribution in [3.8, 4) is 0 Å². The summed E-state index contributed by atoms with van der Waals surface area (Å²) >= 11 is 0. The number of hydrogen-bond acceptors (Lipinski definition) is 2. The van der Waals surface area contributed by atoms with Gasteiger partial charge in [-0.1, -0.05) is 6.92 Å². The molecule has 1 aliphatic heterocycles. The fraction of sp³-hybridized carbons (Fsp3) is 0.455. The molecule has 2 rings (SSSR count). The van der Waals surface area contributed by atoms with E-state index in [9.17, 15) is 13.2 Å². The smallest absolute Gasteiger partial charge is 0.321 e. The summed E-state index contributed by atoms with van der Waals surface area (Å²) in [5, 5.41) is 0. The van der Waals surface area contributed by atoms with Crippen molar-refractivity contribution >= 4 is 5.69 Å². The number of benzene rings is 1. The maximum absolute atomic E-state index is 12.5. The molecular weight excluding hydrogens is 217 g/mol. The third kappa shape index (κ3) is 2.29. The highest BCUT2D eigenvalue weighted by molar-refractivity contribution is 5.53. The van der Waals surface area contributed by atoms with Gasteiger partial charge in [0.05, 0.1) is 11.3 Å². The number of hydrazine groups is 1. The van der Waals surface area contributed by atoms with Gasteiger partial charge < -0.3 is 5.43 Å². The lowest BCUT2D eigenvalue weighted by molar-refractivity contribution is -0.137. The first-order valence-corrected chi connectivity index (χ1v) is 5.16. The van der Waals surface area contributed by atoms with Crippen LogP contribution in [0.25, 0.3) is 0 Å². The molecule has 0 saturated carbocycles. The maximum Gasteiger partial charge on any atom is 0.416 e. The van der Waals surface area contributed by atoms with E-state index in [1.807, 2.05) is 6.92 Å². The van der Waals surface area contributed by atoms with Gasteiger partial charge in [0.2, 0.25) is 0 Å². The van der Waals surface area contributed by atoms with E-state index in [1.165, 1.54) is 12.1 Å². The molecule has 5 heteroatoms. The van der Waals surface area contributed by atoms with E-state index >= 15 is 0 Å². The van der Waals surface area contributed by atoms with Crippen molar-refractivity contribution in [1.82, 2.24) is 5.43 Å². The quantitative estimate of drug-likeness (QED) is 0.716. The molecule has 0 aromatic heterocycles. The lowest BCUT2D eigenvalue weighted by Crippen LogP contribution is -2.24. The van der Waals surface area contributed by atoms with Crippen LogP contribution in [0, 0.1) is 5.92 Å². The van der Waals surface area contributed by atoms with Gasteiger partial charge in [0.15, 0.2) is 0 Å². The Bertz CT molecular complexity index is 387. The van der Waals surface area contributed by atoms with Crippen molar-refractivity contribution in [3.63, 3.8) is 0 Å². The molecule has 0 spiro atoms. The number of nitrogens with one attached hydrogen (secondary N) is 2. The molecule has 0 fully saturated rings. The van der Waals surface area contributed by atoms with E-state index in [4.69, 9.17) is 0 Å². The van der Waals surface area contributed by atoms with Gasteiger partial charge in [0.25, 0.3) is 0 Å². The standard InChI is InChI=1S/C11H13F3N2/c1-7-4-8-5-9(11(12,13)14)2-3-10(8)16-15-6-7/h2-3,5,7,15-16H,4,6H2,1H3. The van der Waals surface area contributed by atoms with E-state index in [-0.39, 0.29) is 0 Å². The van der Waals surface area contributed by atoms with Crippen LogP contribution in [0.2, 0.25) is 0 Å². The summed E-state index contributed by atoms with van der Waals surface area (Å²) in [5.41, 5.74) is 6.76. The van der Waals surface area contributed by atoms with Crippen molar-refractivity contribution in [2.75, 3.05) is 12.0 Å². The predicted octanol–water partition coefficient (Wildman–Crippen LogP) is 2.81. The zero-order valence-corrected chi connectivity index (χ0v) is 8.86. The van der Waals surface area contributed by atoms with E-state index in [0.29, 0.717) is 17.9 Å². The highest BCUT2D eigenvalue weighted by atomic mass is 19.4. The topological polar surface area (TPSA) is 24.1 Å². The van der Waals surface area contributed by atoms with Gasteiger partial charge >= 0.3 is 6.18 Å². The average molecular weight is 230 g/mol. The maximum atomic E-state index is 12.5. The molecule has 0 saturated heterocycles. The van der Waals surface area contributed by atoms with Gasteiger partial charge in [-0.25, -0.2) is 5.43 Å². The lowest BCUT2D eigenvalue weighted by Gasteiger charge is -2.12. The Labute approximate surface area is 91.8 Å². The molecule has 0 amide bonds. The van der Waals surface area contributed by atoms with Crippen LogP contribution >= 0.6 is 0 Å². The SMILES string of the molecule is CC1CNNc2ccc(C(F)(F)F)cc2C1. The second kappa shape index (κ2) is 3.97. The Balaban J connectivity index is 2.37. The fourth-order valence-electron chi connectivity index (χ4n) is 1.83.